The number of amides is 2. The van der Waals surface area contributed by atoms with Gasteiger partial charge in [0.05, 0.1) is 13.2 Å². The van der Waals surface area contributed by atoms with Crippen molar-refractivity contribution in [3.8, 4) is 5.75 Å². The minimum Gasteiger partial charge on any atom is -0.493 e. The van der Waals surface area contributed by atoms with Crippen LogP contribution in [0.2, 0.25) is 0 Å². The molecule has 1 saturated heterocycles. The molecule has 0 atom stereocenters. The van der Waals surface area contributed by atoms with Gasteiger partial charge in [0, 0.05) is 37.3 Å². The molecule has 2 aliphatic heterocycles. The van der Waals surface area contributed by atoms with Gasteiger partial charge in [-0.05, 0) is 75.9 Å². The van der Waals surface area contributed by atoms with E-state index >= 15 is 0 Å². The number of ether oxygens (including phenoxy) is 1. The molecule has 4 rings (SSSR count). The lowest BCUT2D eigenvalue weighted by atomic mass is 10.1. The molecule has 2 heterocycles. The van der Waals surface area contributed by atoms with Crippen LogP contribution in [0.3, 0.4) is 0 Å². The van der Waals surface area contributed by atoms with Gasteiger partial charge in [-0.1, -0.05) is 36.4 Å². The maximum atomic E-state index is 12.9. The molecule has 0 spiro atoms. The average Bonchev–Trinajstić information content (AvgIpc) is 3.40. The summed E-state index contributed by atoms with van der Waals surface area (Å²) in [6.45, 7) is 6.90. The molecule has 7 nitrogen and oxygen atoms in total. The van der Waals surface area contributed by atoms with Gasteiger partial charge in [-0.3, -0.25) is 14.5 Å². The summed E-state index contributed by atoms with van der Waals surface area (Å²) >= 11 is 0. The van der Waals surface area contributed by atoms with E-state index in [4.69, 9.17) is 4.74 Å². The Morgan fingerprint density at radius 1 is 0.944 bits per heavy atom. The molecule has 0 saturated carbocycles. The third-order valence-electron chi connectivity index (χ3n) is 6.88. The molecule has 0 bridgehead atoms. The SMILES string of the molecule is O=C1CN(Cc2ccccc2)Cc2ccc(C(=O)NCCCN3CCCC3)cc2OCCCCCN1. The number of nitrogens with zero attached hydrogens (tertiary/aromatic N) is 2. The minimum absolute atomic E-state index is 0.0394. The van der Waals surface area contributed by atoms with E-state index in [2.05, 4.69) is 32.6 Å². The molecule has 2 aromatic rings. The van der Waals surface area contributed by atoms with Crippen LogP contribution in [0.25, 0.3) is 0 Å². The molecule has 2 aromatic carbocycles. The number of rotatable bonds is 7. The molecular weight excluding hydrogens is 452 g/mol. The largest absolute Gasteiger partial charge is 0.493 e. The number of carbonyl (C=O) groups excluding carboxylic acids is 2. The van der Waals surface area contributed by atoms with Crippen molar-refractivity contribution in [2.24, 2.45) is 0 Å². The number of hydrogen-bond donors (Lipinski definition) is 2. The zero-order chi connectivity index (χ0) is 25.0. The van der Waals surface area contributed by atoms with Crippen molar-refractivity contribution in [3.05, 3.63) is 65.2 Å². The van der Waals surface area contributed by atoms with Crippen LogP contribution in [0.1, 0.15) is 60.0 Å². The van der Waals surface area contributed by atoms with Crippen LogP contribution in [-0.2, 0) is 17.9 Å². The Balaban J connectivity index is 1.44. The van der Waals surface area contributed by atoms with Gasteiger partial charge in [0.25, 0.3) is 5.91 Å². The number of benzene rings is 2. The van der Waals surface area contributed by atoms with Crippen molar-refractivity contribution in [1.82, 2.24) is 20.4 Å². The summed E-state index contributed by atoms with van der Waals surface area (Å²) < 4.78 is 6.19. The van der Waals surface area contributed by atoms with E-state index in [9.17, 15) is 9.59 Å². The lowest BCUT2D eigenvalue weighted by Gasteiger charge is -2.23. The number of fused-ring (bicyclic) bond motifs is 1. The first kappa shape index (κ1) is 26.2. The monoisotopic (exact) mass is 492 g/mol. The predicted molar refractivity (Wildman–Crippen MR) is 142 cm³/mol. The molecule has 2 aliphatic rings. The van der Waals surface area contributed by atoms with Crippen LogP contribution in [-0.4, -0.2) is 67.5 Å². The van der Waals surface area contributed by atoms with Gasteiger partial charge in [-0.25, -0.2) is 0 Å². The van der Waals surface area contributed by atoms with Gasteiger partial charge >= 0.3 is 0 Å². The van der Waals surface area contributed by atoms with Crippen LogP contribution >= 0.6 is 0 Å². The molecule has 7 heteroatoms. The summed E-state index contributed by atoms with van der Waals surface area (Å²) in [4.78, 5) is 30.1. The van der Waals surface area contributed by atoms with Crippen LogP contribution in [0.4, 0.5) is 0 Å². The fourth-order valence-electron chi connectivity index (χ4n) is 4.90. The highest BCUT2D eigenvalue weighted by atomic mass is 16.5. The highest BCUT2D eigenvalue weighted by molar-refractivity contribution is 5.94. The van der Waals surface area contributed by atoms with Crippen molar-refractivity contribution in [3.63, 3.8) is 0 Å². The minimum atomic E-state index is -0.0637. The first-order valence-corrected chi connectivity index (χ1v) is 13.5. The van der Waals surface area contributed by atoms with Crippen molar-refractivity contribution in [2.45, 2.75) is 51.6 Å². The van der Waals surface area contributed by atoms with Crippen LogP contribution in [0.15, 0.2) is 48.5 Å². The molecule has 0 aliphatic carbocycles. The molecule has 0 radical (unpaired) electrons. The maximum Gasteiger partial charge on any atom is 0.251 e. The number of likely N-dealkylation sites (tertiary alicyclic amines) is 1. The van der Waals surface area contributed by atoms with Gasteiger partial charge in [0.1, 0.15) is 5.75 Å². The summed E-state index contributed by atoms with van der Waals surface area (Å²) in [5, 5.41) is 6.12. The normalized spacial score (nSPS) is 18.2. The molecule has 2 N–H and O–H groups in total. The quantitative estimate of drug-likeness (QED) is 0.578. The second-order valence-electron chi connectivity index (χ2n) is 9.87. The molecule has 194 valence electrons. The van der Waals surface area contributed by atoms with E-state index in [1.165, 1.54) is 25.9 Å². The van der Waals surface area contributed by atoms with E-state index in [1.807, 2.05) is 36.4 Å². The molecule has 1 fully saturated rings. The van der Waals surface area contributed by atoms with Crippen LogP contribution < -0.4 is 15.4 Å². The second kappa shape index (κ2) is 14.0. The van der Waals surface area contributed by atoms with Gasteiger partial charge in [-0.2, -0.15) is 0 Å². The van der Waals surface area contributed by atoms with Crippen molar-refractivity contribution < 1.29 is 14.3 Å². The number of nitrogens with one attached hydrogen (secondary N) is 2. The Morgan fingerprint density at radius 3 is 2.61 bits per heavy atom. The highest BCUT2D eigenvalue weighted by Crippen LogP contribution is 2.24. The van der Waals surface area contributed by atoms with Gasteiger partial charge in [0.15, 0.2) is 0 Å². The third-order valence-corrected chi connectivity index (χ3v) is 6.88. The molecule has 36 heavy (non-hydrogen) atoms. The van der Waals surface area contributed by atoms with E-state index in [0.717, 1.165) is 49.1 Å². The van der Waals surface area contributed by atoms with E-state index in [0.29, 0.717) is 44.9 Å². The Morgan fingerprint density at radius 2 is 1.78 bits per heavy atom. The first-order chi connectivity index (χ1) is 17.7. The predicted octanol–water partition coefficient (Wildman–Crippen LogP) is 3.58. The number of hydrogen-bond acceptors (Lipinski definition) is 5. The Bertz CT molecular complexity index is 976. The Labute approximate surface area is 215 Å². The van der Waals surface area contributed by atoms with Crippen LogP contribution in [0, 0.1) is 0 Å². The summed E-state index contributed by atoms with van der Waals surface area (Å²) in [7, 11) is 0. The second-order valence-corrected chi connectivity index (χ2v) is 9.87. The molecule has 2 amide bonds. The molecule has 0 unspecified atom stereocenters. The van der Waals surface area contributed by atoms with Gasteiger partial charge in [-0.15, -0.1) is 0 Å². The standard InChI is InChI=1S/C29H40N4O3/c34-28-23-33(21-24-10-3-1-4-11-24)22-26-13-12-25(20-27(26)36-19-8-2-5-14-30-28)29(35)31-15-9-18-32-16-6-7-17-32/h1,3-4,10-13,20H,2,5-9,14-19,21-23H2,(H,30,34)(H,31,35). The Kier molecular flexibility index (Phi) is 10.2. The summed E-state index contributed by atoms with van der Waals surface area (Å²) in [5.74, 6) is 0.710. The highest BCUT2D eigenvalue weighted by Gasteiger charge is 2.17. The first-order valence-electron chi connectivity index (χ1n) is 13.5. The molecular formula is C29H40N4O3. The lowest BCUT2D eigenvalue weighted by Crippen LogP contribution is -2.37. The summed E-state index contributed by atoms with van der Waals surface area (Å²) in [6, 6.07) is 15.9. The summed E-state index contributed by atoms with van der Waals surface area (Å²) in [6.07, 6.45) is 6.37. The zero-order valence-electron chi connectivity index (χ0n) is 21.3. The average molecular weight is 493 g/mol. The maximum absolute atomic E-state index is 12.9. The van der Waals surface area contributed by atoms with Crippen molar-refractivity contribution >= 4 is 11.8 Å². The van der Waals surface area contributed by atoms with E-state index in [1.54, 1.807) is 0 Å². The lowest BCUT2D eigenvalue weighted by molar-refractivity contribution is -0.122. The van der Waals surface area contributed by atoms with Gasteiger partial charge in [0.2, 0.25) is 5.91 Å². The van der Waals surface area contributed by atoms with Crippen LogP contribution in [0.5, 0.6) is 5.75 Å². The topological polar surface area (TPSA) is 73.9 Å². The Hall–Kier alpha value is -2.90. The van der Waals surface area contributed by atoms with Crippen molar-refractivity contribution in [2.75, 3.05) is 45.9 Å². The zero-order valence-corrected chi connectivity index (χ0v) is 21.3. The van der Waals surface area contributed by atoms with E-state index in [-0.39, 0.29) is 11.8 Å². The van der Waals surface area contributed by atoms with Gasteiger partial charge < -0.3 is 20.3 Å². The molecule has 0 aromatic heterocycles. The fourth-order valence-corrected chi connectivity index (χ4v) is 4.90. The van der Waals surface area contributed by atoms with Crippen molar-refractivity contribution in [1.29, 1.82) is 0 Å². The third kappa shape index (κ3) is 8.35. The smallest absolute Gasteiger partial charge is 0.251 e. The van der Waals surface area contributed by atoms with E-state index < -0.39 is 0 Å². The summed E-state index contributed by atoms with van der Waals surface area (Å²) in [5.41, 5.74) is 2.76. The number of carbonyl (C=O) groups is 2. The fraction of sp³-hybridized carbons (Fsp3) is 0.517.